The molecular formula is C15H24ClN. The van der Waals surface area contributed by atoms with Crippen molar-refractivity contribution < 1.29 is 0 Å². The molecule has 0 bridgehead atoms. The van der Waals surface area contributed by atoms with Gasteiger partial charge in [-0.3, -0.25) is 0 Å². The van der Waals surface area contributed by atoms with Gasteiger partial charge in [-0.15, -0.1) is 11.6 Å². The molecule has 0 aliphatic heterocycles. The van der Waals surface area contributed by atoms with E-state index in [-0.39, 0.29) is 5.38 Å². The standard InChI is InChI=1S/C15H24ClN/c1-4-13-5-7-14(8-6-13)10-17-11-15(16)9-12(2)3/h5-8,12,15,17H,4,9-11H2,1-3H3. The zero-order valence-corrected chi connectivity index (χ0v) is 11.9. The molecule has 1 unspecified atom stereocenters. The van der Waals surface area contributed by atoms with Crippen LogP contribution in [0.3, 0.4) is 0 Å². The van der Waals surface area contributed by atoms with E-state index in [1.54, 1.807) is 0 Å². The van der Waals surface area contributed by atoms with E-state index in [2.05, 4.69) is 50.4 Å². The molecule has 0 aromatic heterocycles. The van der Waals surface area contributed by atoms with Gasteiger partial charge in [0.2, 0.25) is 0 Å². The van der Waals surface area contributed by atoms with E-state index < -0.39 is 0 Å². The zero-order chi connectivity index (χ0) is 12.7. The van der Waals surface area contributed by atoms with Crippen molar-refractivity contribution in [2.45, 2.75) is 45.5 Å². The number of halogens is 1. The highest BCUT2D eigenvalue weighted by atomic mass is 35.5. The summed E-state index contributed by atoms with van der Waals surface area (Å²) in [5.41, 5.74) is 2.72. The van der Waals surface area contributed by atoms with Gasteiger partial charge in [0.05, 0.1) is 0 Å². The summed E-state index contributed by atoms with van der Waals surface area (Å²) in [6.45, 7) is 8.38. The normalized spacial score (nSPS) is 13.0. The van der Waals surface area contributed by atoms with Gasteiger partial charge in [-0.2, -0.15) is 0 Å². The molecule has 1 atom stereocenters. The summed E-state index contributed by atoms with van der Waals surface area (Å²) in [6, 6.07) is 8.78. The average molecular weight is 254 g/mol. The van der Waals surface area contributed by atoms with Crippen molar-refractivity contribution >= 4 is 11.6 Å². The van der Waals surface area contributed by atoms with Crippen LogP contribution in [-0.2, 0) is 13.0 Å². The minimum absolute atomic E-state index is 0.241. The SMILES string of the molecule is CCc1ccc(CNCC(Cl)CC(C)C)cc1. The first-order valence-corrected chi connectivity index (χ1v) is 6.98. The Hall–Kier alpha value is -0.530. The van der Waals surface area contributed by atoms with Gasteiger partial charge in [0.25, 0.3) is 0 Å². The second-order valence-electron chi connectivity index (χ2n) is 5.03. The van der Waals surface area contributed by atoms with Crippen LogP contribution < -0.4 is 5.32 Å². The molecule has 0 radical (unpaired) electrons. The number of hydrogen-bond acceptors (Lipinski definition) is 1. The lowest BCUT2D eigenvalue weighted by molar-refractivity contribution is 0.533. The lowest BCUT2D eigenvalue weighted by Crippen LogP contribution is -2.23. The van der Waals surface area contributed by atoms with Crippen LogP contribution in [0.25, 0.3) is 0 Å². The van der Waals surface area contributed by atoms with E-state index in [1.807, 2.05) is 0 Å². The Bertz CT molecular complexity index is 305. The summed E-state index contributed by atoms with van der Waals surface area (Å²) < 4.78 is 0. The van der Waals surface area contributed by atoms with Gasteiger partial charge in [0.15, 0.2) is 0 Å². The van der Waals surface area contributed by atoms with E-state index in [0.717, 1.165) is 25.9 Å². The fraction of sp³-hybridized carbons (Fsp3) is 0.600. The predicted molar refractivity (Wildman–Crippen MR) is 76.6 cm³/mol. The quantitative estimate of drug-likeness (QED) is 0.725. The summed E-state index contributed by atoms with van der Waals surface area (Å²) in [7, 11) is 0. The van der Waals surface area contributed by atoms with Crippen LogP contribution in [0.1, 0.15) is 38.3 Å². The molecule has 1 rings (SSSR count). The van der Waals surface area contributed by atoms with Gasteiger partial charge in [-0.05, 0) is 29.9 Å². The topological polar surface area (TPSA) is 12.0 Å². The number of benzene rings is 1. The van der Waals surface area contributed by atoms with Gasteiger partial charge >= 0.3 is 0 Å². The number of alkyl halides is 1. The maximum Gasteiger partial charge on any atom is 0.0463 e. The average Bonchev–Trinajstić information content (AvgIpc) is 2.29. The van der Waals surface area contributed by atoms with Crippen molar-refractivity contribution in [1.29, 1.82) is 0 Å². The molecule has 0 fully saturated rings. The highest BCUT2D eigenvalue weighted by molar-refractivity contribution is 6.20. The van der Waals surface area contributed by atoms with Crippen LogP contribution in [0.4, 0.5) is 0 Å². The summed E-state index contributed by atoms with van der Waals surface area (Å²) >= 11 is 6.23. The highest BCUT2D eigenvalue weighted by Gasteiger charge is 2.06. The van der Waals surface area contributed by atoms with Crippen molar-refractivity contribution in [2.75, 3.05) is 6.54 Å². The Balaban J connectivity index is 2.25. The fourth-order valence-corrected chi connectivity index (χ4v) is 2.33. The van der Waals surface area contributed by atoms with Gasteiger partial charge in [0, 0.05) is 18.5 Å². The van der Waals surface area contributed by atoms with E-state index in [1.165, 1.54) is 11.1 Å². The molecule has 1 aromatic rings. The van der Waals surface area contributed by atoms with Crippen LogP contribution >= 0.6 is 11.6 Å². The molecule has 0 aliphatic rings. The van der Waals surface area contributed by atoms with Gasteiger partial charge < -0.3 is 5.32 Å². The molecule has 17 heavy (non-hydrogen) atoms. The van der Waals surface area contributed by atoms with Crippen molar-refractivity contribution in [2.24, 2.45) is 5.92 Å². The van der Waals surface area contributed by atoms with E-state index >= 15 is 0 Å². The minimum Gasteiger partial charge on any atom is -0.311 e. The van der Waals surface area contributed by atoms with Gasteiger partial charge in [-0.25, -0.2) is 0 Å². The van der Waals surface area contributed by atoms with Crippen LogP contribution in [0.15, 0.2) is 24.3 Å². The third kappa shape index (κ3) is 6.09. The molecular weight excluding hydrogens is 230 g/mol. The molecule has 0 saturated carbocycles. The third-order valence-corrected chi connectivity index (χ3v) is 3.19. The summed E-state index contributed by atoms with van der Waals surface area (Å²) in [5.74, 6) is 0.670. The summed E-state index contributed by atoms with van der Waals surface area (Å²) in [5, 5.41) is 3.65. The van der Waals surface area contributed by atoms with E-state index in [9.17, 15) is 0 Å². The molecule has 0 amide bonds. The first kappa shape index (κ1) is 14.5. The Morgan fingerprint density at radius 1 is 1.12 bits per heavy atom. The number of aryl methyl sites for hydroxylation is 1. The molecule has 2 heteroatoms. The molecule has 0 aliphatic carbocycles. The molecule has 1 N–H and O–H groups in total. The van der Waals surface area contributed by atoms with Crippen LogP contribution in [0.2, 0.25) is 0 Å². The second kappa shape index (κ2) is 7.73. The minimum atomic E-state index is 0.241. The van der Waals surface area contributed by atoms with E-state index in [4.69, 9.17) is 11.6 Å². The van der Waals surface area contributed by atoms with Gasteiger partial charge in [-0.1, -0.05) is 45.0 Å². The number of rotatable bonds is 7. The lowest BCUT2D eigenvalue weighted by Gasteiger charge is -2.13. The smallest absolute Gasteiger partial charge is 0.0463 e. The highest BCUT2D eigenvalue weighted by Crippen LogP contribution is 2.10. The molecule has 0 heterocycles. The van der Waals surface area contributed by atoms with Crippen molar-refractivity contribution in [3.63, 3.8) is 0 Å². The maximum absolute atomic E-state index is 6.23. The largest absolute Gasteiger partial charge is 0.311 e. The van der Waals surface area contributed by atoms with Crippen molar-refractivity contribution in [1.82, 2.24) is 5.32 Å². The van der Waals surface area contributed by atoms with Crippen molar-refractivity contribution in [3.05, 3.63) is 35.4 Å². The fourth-order valence-electron chi connectivity index (χ4n) is 1.86. The third-order valence-electron chi connectivity index (χ3n) is 2.85. The van der Waals surface area contributed by atoms with Crippen LogP contribution in [0.5, 0.6) is 0 Å². The lowest BCUT2D eigenvalue weighted by atomic mass is 10.1. The first-order valence-electron chi connectivity index (χ1n) is 6.54. The Kier molecular flexibility index (Phi) is 6.61. The molecule has 0 saturated heterocycles. The molecule has 1 aromatic carbocycles. The first-order chi connectivity index (χ1) is 8.11. The Labute approximate surface area is 111 Å². The molecule has 0 spiro atoms. The Morgan fingerprint density at radius 2 is 1.71 bits per heavy atom. The number of nitrogens with one attached hydrogen (secondary N) is 1. The Morgan fingerprint density at radius 3 is 2.24 bits per heavy atom. The van der Waals surface area contributed by atoms with E-state index in [0.29, 0.717) is 5.92 Å². The summed E-state index contributed by atoms with van der Waals surface area (Å²) in [4.78, 5) is 0. The van der Waals surface area contributed by atoms with Crippen LogP contribution in [0, 0.1) is 5.92 Å². The second-order valence-corrected chi connectivity index (χ2v) is 5.64. The zero-order valence-electron chi connectivity index (χ0n) is 11.2. The monoisotopic (exact) mass is 253 g/mol. The molecule has 1 nitrogen and oxygen atoms in total. The van der Waals surface area contributed by atoms with Crippen molar-refractivity contribution in [3.8, 4) is 0 Å². The van der Waals surface area contributed by atoms with Gasteiger partial charge in [0.1, 0.15) is 0 Å². The summed E-state index contributed by atoms with van der Waals surface area (Å²) in [6.07, 6.45) is 2.18. The maximum atomic E-state index is 6.23. The van der Waals surface area contributed by atoms with Crippen LogP contribution in [-0.4, -0.2) is 11.9 Å². The molecule has 96 valence electrons. The number of hydrogen-bond donors (Lipinski definition) is 1. The predicted octanol–water partition coefficient (Wildman–Crippen LogP) is 3.99.